The third-order valence-electron chi connectivity index (χ3n) is 4.97. The van der Waals surface area contributed by atoms with Gasteiger partial charge in [0.1, 0.15) is 28.8 Å². The van der Waals surface area contributed by atoms with E-state index in [0.717, 1.165) is 49.4 Å². The highest BCUT2D eigenvalue weighted by Crippen LogP contribution is 2.30. The maximum Gasteiger partial charge on any atom is 0.238 e. The fourth-order valence-corrected chi connectivity index (χ4v) is 4.28. The molecule has 1 saturated heterocycles. The molecule has 0 bridgehead atoms. The lowest BCUT2D eigenvalue weighted by Gasteiger charge is -2.28. The number of aromatic nitrogens is 3. The Morgan fingerprint density at radius 2 is 2.07 bits per heavy atom. The van der Waals surface area contributed by atoms with Crippen LogP contribution in [0, 0.1) is 11.8 Å². The first-order chi connectivity index (χ1) is 14.7. The molecule has 2 aliphatic rings. The van der Waals surface area contributed by atoms with Gasteiger partial charge in [-0.05, 0) is 25.3 Å². The molecule has 3 heterocycles. The highest BCUT2D eigenvalue weighted by molar-refractivity contribution is 7.87. The van der Waals surface area contributed by atoms with Gasteiger partial charge in [0, 0.05) is 24.8 Å². The van der Waals surface area contributed by atoms with E-state index in [-0.39, 0.29) is 5.25 Å². The van der Waals surface area contributed by atoms with E-state index in [4.69, 9.17) is 9.47 Å². The van der Waals surface area contributed by atoms with E-state index >= 15 is 0 Å². The molecule has 1 aliphatic heterocycles. The largest absolute Gasteiger partial charge is 0.480 e. The summed E-state index contributed by atoms with van der Waals surface area (Å²) in [4.78, 5) is 15.4. The van der Waals surface area contributed by atoms with Gasteiger partial charge in [0.2, 0.25) is 5.88 Å². The fraction of sp³-hybridized carbons (Fsp3) is 0.476. The van der Waals surface area contributed by atoms with Gasteiger partial charge in [-0.15, -0.1) is 0 Å². The number of hydrogen-bond acceptors (Lipinski definition) is 7. The summed E-state index contributed by atoms with van der Waals surface area (Å²) in [6, 6.07) is 1.82. The van der Waals surface area contributed by atoms with Crippen LogP contribution in [-0.2, 0) is 22.1 Å². The summed E-state index contributed by atoms with van der Waals surface area (Å²) in [7, 11) is 0.403. The summed E-state index contributed by atoms with van der Waals surface area (Å²) in [5.41, 5.74) is 3.02. The highest BCUT2D eigenvalue weighted by Gasteiger charge is 2.29. The number of pyridine rings is 1. The average molecular weight is 428 g/mol. The van der Waals surface area contributed by atoms with Gasteiger partial charge >= 0.3 is 0 Å². The zero-order valence-corrected chi connectivity index (χ0v) is 18.0. The number of nitrogens with one attached hydrogen (secondary N) is 1. The lowest BCUT2D eigenvalue weighted by atomic mass is 10.1. The van der Waals surface area contributed by atoms with E-state index < -0.39 is 11.0 Å². The average Bonchev–Trinajstić information content (AvgIpc) is 3.64. The van der Waals surface area contributed by atoms with Crippen LogP contribution >= 0.6 is 0 Å². The summed E-state index contributed by atoms with van der Waals surface area (Å²) >= 11 is 0. The molecule has 0 radical (unpaired) electrons. The van der Waals surface area contributed by atoms with E-state index in [0.29, 0.717) is 30.3 Å². The van der Waals surface area contributed by atoms with Gasteiger partial charge in [-0.25, -0.2) is 19.2 Å². The first-order valence-electron chi connectivity index (χ1n) is 10.1. The molecular formula is C21H25N5O3S. The fourth-order valence-electron chi connectivity index (χ4n) is 3.19. The predicted molar refractivity (Wildman–Crippen MR) is 116 cm³/mol. The van der Waals surface area contributed by atoms with Gasteiger partial charge in [0.15, 0.2) is 0 Å². The molecule has 158 valence electrons. The summed E-state index contributed by atoms with van der Waals surface area (Å²) in [6.45, 7) is 4.96. The molecule has 9 heteroatoms. The summed E-state index contributed by atoms with van der Waals surface area (Å²) in [6.07, 6.45) is 5.97. The van der Waals surface area contributed by atoms with Crippen LogP contribution in [0.2, 0.25) is 0 Å². The first-order valence-corrected chi connectivity index (χ1v) is 11.3. The molecule has 0 amide bonds. The zero-order chi connectivity index (χ0) is 20.9. The van der Waals surface area contributed by atoms with E-state index in [2.05, 4.69) is 43.3 Å². The molecule has 2 aromatic heterocycles. The standard InChI is InChI=1S/C21H25N5O3S/c1-3-18-17(20(24-14-23-18)26-8-10-29-11-9-26)7-4-15-12-19(21(28-2)22-13-15)25-30(27)16-5-6-16/h12-14,16,25H,3,5-6,8-11H2,1-2H3. The van der Waals surface area contributed by atoms with E-state index in [1.165, 1.54) is 0 Å². The Balaban J connectivity index is 1.65. The molecule has 1 atom stereocenters. The second-order valence-electron chi connectivity index (χ2n) is 7.10. The Hall–Kier alpha value is -2.70. The van der Waals surface area contributed by atoms with Crippen LogP contribution in [0.25, 0.3) is 0 Å². The second-order valence-corrected chi connectivity index (χ2v) is 8.57. The maximum atomic E-state index is 12.3. The topological polar surface area (TPSA) is 89.5 Å². The lowest BCUT2D eigenvalue weighted by molar-refractivity contribution is 0.122. The van der Waals surface area contributed by atoms with Crippen molar-refractivity contribution in [1.29, 1.82) is 0 Å². The van der Waals surface area contributed by atoms with Crippen LogP contribution in [0.3, 0.4) is 0 Å². The molecule has 1 N–H and O–H groups in total. The molecule has 2 fully saturated rings. The third-order valence-corrected chi connectivity index (χ3v) is 6.46. The van der Waals surface area contributed by atoms with Crippen LogP contribution in [0.15, 0.2) is 18.6 Å². The molecule has 1 saturated carbocycles. The predicted octanol–water partition coefficient (Wildman–Crippen LogP) is 1.92. The van der Waals surface area contributed by atoms with Crippen LogP contribution in [0.1, 0.15) is 36.6 Å². The molecule has 0 spiro atoms. The summed E-state index contributed by atoms with van der Waals surface area (Å²) < 4.78 is 26.1. The number of morpholine rings is 1. The van der Waals surface area contributed by atoms with Gasteiger partial charge in [0.05, 0.1) is 36.8 Å². The van der Waals surface area contributed by atoms with E-state index in [1.807, 2.05) is 6.07 Å². The number of aryl methyl sites for hydroxylation is 1. The Labute approximate surface area is 179 Å². The Morgan fingerprint density at radius 1 is 1.27 bits per heavy atom. The molecular weight excluding hydrogens is 402 g/mol. The number of nitrogens with zero attached hydrogens (tertiary/aromatic N) is 4. The minimum atomic E-state index is -1.14. The highest BCUT2D eigenvalue weighted by atomic mass is 32.2. The van der Waals surface area contributed by atoms with Crippen molar-refractivity contribution in [2.45, 2.75) is 31.4 Å². The van der Waals surface area contributed by atoms with Crippen molar-refractivity contribution in [2.75, 3.05) is 43.0 Å². The van der Waals surface area contributed by atoms with Crippen LogP contribution in [-0.4, -0.2) is 57.8 Å². The summed E-state index contributed by atoms with van der Waals surface area (Å²) in [5.74, 6) is 7.68. The number of rotatable bonds is 6. The first kappa shape index (κ1) is 20.6. The molecule has 4 rings (SSSR count). The van der Waals surface area contributed by atoms with Gasteiger partial charge in [-0.2, -0.15) is 0 Å². The van der Waals surface area contributed by atoms with E-state index in [1.54, 1.807) is 19.6 Å². The molecule has 1 aliphatic carbocycles. The molecule has 0 aromatic carbocycles. The van der Waals surface area contributed by atoms with Gasteiger partial charge < -0.3 is 19.1 Å². The molecule has 30 heavy (non-hydrogen) atoms. The number of methoxy groups -OCH3 is 1. The third kappa shape index (κ3) is 4.71. The summed E-state index contributed by atoms with van der Waals surface area (Å²) in [5, 5.41) is 0.203. The zero-order valence-electron chi connectivity index (χ0n) is 17.2. The quantitative estimate of drug-likeness (QED) is 0.705. The smallest absolute Gasteiger partial charge is 0.238 e. The Bertz CT molecular complexity index is 994. The Kier molecular flexibility index (Phi) is 6.45. The second kappa shape index (κ2) is 9.41. The van der Waals surface area contributed by atoms with Gasteiger partial charge in [-0.3, -0.25) is 0 Å². The normalized spacial score (nSPS) is 17.1. The van der Waals surface area contributed by atoms with Crippen molar-refractivity contribution >= 4 is 22.5 Å². The SMILES string of the molecule is CCc1ncnc(N2CCOCC2)c1C#Cc1cnc(OC)c(NS(=O)C2CC2)c1. The number of anilines is 2. The van der Waals surface area contributed by atoms with Gasteiger partial charge in [0.25, 0.3) is 0 Å². The van der Waals surface area contributed by atoms with Crippen molar-refractivity contribution in [1.82, 2.24) is 15.0 Å². The lowest BCUT2D eigenvalue weighted by Crippen LogP contribution is -2.37. The van der Waals surface area contributed by atoms with Gasteiger partial charge in [-0.1, -0.05) is 18.8 Å². The van der Waals surface area contributed by atoms with E-state index in [9.17, 15) is 4.21 Å². The van der Waals surface area contributed by atoms with Crippen LogP contribution < -0.4 is 14.4 Å². The molecule has 1 unspecified atom stereocenters. The minimum Gasteiger partial charge on any atom is -0.480 e. The van der Waals surface area contributed by atoms with Crippen molar-refractivity contribution < 1.29 is 13.7 Å². The Morgan fingerprint density at radius 3 is 2.77 bits per heavy atom. The van der Waals surface area contributed by atoms with Crippen molar-refractivity contribution in [3.8, 4) is 17.7 Å². The van der Waals surface area contributed by atoms with Crippen molar-refractivity contribution in [2.24, 2.45) is 0 Å². The monoisotopic (exact) mass is 427 g/mol. The number of hydrogen-bond donors (Lipinski definition) is 1. The van der Waals surface area contributed by atoms with Crippen molar-refractivity contribution in [3.05, 3.63) is 35.4 Å². The van der Waals surface area contributed by atoms with Crippen LogP contribution in [0.5, 0.6) is 5.88 Å². The molecule has 2 aromatic rings. The minimum absolute atomic E-state index is 0.203. The molecule has 8 nitrogen and oxygen atoms in total. The van der Waals surface area contributed by atoms with Crippen LogP contribution in [0.4, 0.5) is 11.5 Å². The van der Waals surface area contributed by atoms with Crippen molar-refractivity contribution in [3.63, 3.8) is 0 Å². The number of ether oxygens (including phenoxy) is 2. The maximum absolute atomic E-state index is 12.3.